The number of unbranched alkanes of at least 4 members (excludes halogenated alkanes) is 2. The summed E-state index contributed by atoms with van der Waals surface area (Å²) in [6.45, 7) is 18.7. The summed E-state index contributed by atoms with van der Waals surface area (Å²) in [7, 11) is -11.8. The Balaban J connectivity index is 0.0000118. The van der Waals surface area contributed by atoms with Gasteiger partial charge in [0.05, 0.1) is 21.3 Å². The van der Waals surface area contributed by atoms with Gasteiger partial charge >= 0.3 is 14.2 Å². The summed E-state index contributed by atoms with van der Waals surface area (Å²) in [6, 6.07) is 47.5. The Morgan fingerprint density at radius 1 is 0.667 bits per heavy atom. The number of allylic oxidation sites excluding steroid dienone is 7. The van der Waals surface area contributed by atoms with E-state index in [1.807, 2.05) is 60.7 Å². The maximum atomic E-state index is 12.3. The molecule has 0 unspecified atom stereocenters. The number of nitrogens with zero attached hydrogens (tertiary/aromatic N) is 4. The van der Waals surface area contributed by atoms with Gasteiger partial charge < -0.3 is 39.6 Å². The fourth-order valence-electron chi connectivity index (χ4n) is 13.3. The third-order valence-corrected chi connectivity index (χ3v) is 19.8. The fraction of sp³-hybridized carbons (Fsp3) is 0.360. The third-order valence-electron chi connectivity index (χ3n) is 18.2. The highest BCUT2D eigenvalue weighted by Gasteiger charge is 2.44. The van der Waals surface area contributed by atoms with Gasteiger partial charge in [0, 0.05) is 105 Å². The van der Waals surface area contributed by atoms with Crippen LogP contribution in [0.15, 0.2) is 205 Å². The van der Waals surface area contributed by atoms with E-state index in [2.05, 4.69) is 144 Å². The maximum absolute atomic E-state index is 12.3. The van der Waals surface area contributed by atoms with E-state index in [0.717, 1.165) is 97.9 Å². The number of fused-ring (bicyclic) bond motifs is 2. The highest BCUT2D eigenvalue weighted by molar-refractivity contribution is 7.85. The molecule has 1 aliphatic carbocycles. The number of amides is 1. The van der Waals surface area contributed by atoms with Crippen LogP contribution in [0.25, 0.3) is 0 Å². The normalized spacial score (nSPS) is 16.0. The van der Waals surface area contributed by atoms with Crippen molar-refractivity contribution >= 4 is 68.4 Å². The van der Waals surface area contributed by atoms with Gasteiger partial charge in [-0.25, -0.2) is 8.42 Å². The van der Waals surface area contributed by atoms with Crippen LogP contribution < -0.4 is 25.9 Å². The minimum atomic E-state index is -4.36. The van der Waals surface area contributed by atoms with Crippen LogP contribution in [0.5, 0.6) is 5.75 Å². The number of nitrogens with one attached hydrogen (secondary N) is 1. The minimum Gasteiger partial charge on any atom is -0.748 e. The molecule has 6 aromatic rings. The van der Waals surface area contributed by atoms with E-state index in [0.29, 0.717) is 107 Å². The molecule has 0 fully saturated rings. The van der Waals surface area contributed by atoms with Crippen molar-refractivity contribution < 1.29 is 60.1 Å². The van der Waals surface area contributed by atoms with Crippen molar-refractivity contribution in [2.45, 2.75) is 137 Å². The fourth-order valence-corrected chi connectivity index (χ4v) is 14.4. The molecule has 96 heavy (non-hydrogen) atoms. The molecule has 3 aliphatic rings. The molecule has 0 atom stereocenters. The summed E-state index contributed by atoms with van der Waals surface area (Å²) in [4.78, 5) is 19.0. The predicted molar refractivity (Wildman–Crippen MR) is 384 cm³/mol. The smallest absolute Gasteiger partial charge is 0.488 e. The Kier molecular flexibility index (Phi) is 25.6. The zero-order valence-electron chi connectivity index (χ0n) is 55.2. The number of rotatable bonds is 32. The Hall–Kier alpha value is -7.53. The van der Waals surface area contributed by atoms with Crippen LogP contribution in [0.1, 0.15) is 132 Å². The predicted octanol–water partition coefficient (Wildman–Crippen LogP) is 10.0. The minimum absolute atomic E-state index is 0. The number of carbonyl (C=O) groups excluding carboxylic acids is 1. The van der Waals surface area contributed by atoms with E-state index in [4.69, 9.17) is 4.74 Å². The number of hydrogen-bond acceptors (Lipinski definition) is 14. The van der Waals surface area contributed by atoms with Crippen LogP contribution in [-0.2, 0) is 68.6 Å². The second-order valence-electron chi connectivity index (χ2n) is 26.2. The first kappa shape index (κ1) is 74.3. The molecule has 0 saturated heterocycles. The van der Waals surface area contributed by atoms with Gasteiger partial charge in [-0.2, -0.15) is 13.0 Å². The Labute approximate surface area is 569 Å². The summed E-state index contributed by atoms with van der Waals surface area (Å²) in [5.74, 6) is 0.406. The number of hydrogen-bond donors (Lipinski definition) is 6. The van der Waals surface area contributed by atoms with Crippen molar-refractivity contribution in [1.29, 1.82) is 0 Å². The van der Waals surface area contributed by atoms with E-state index < -0.39 is 51.1 Å². The van der Waals surface area contributed by atoms with Gasteiger partial charge in [0.25, 0.3) is 10.1 Å². The van der Waals surface area contributed by atoms with Crippen molar-refractivity contribution in [3.8, 4) is 5.75 Å². The lowest BCUT2D eigenvalue weighted by Crippen LogP contribution is -2.36. The average Bonchev–Trinajstić information content (AvgIpc) is 1.60. The molecule has 0 bridgehead atoms. The molecule has 0 radical (unpaired) electrons. The monoisotopic (exact) mass is 1340 g/mol. The molecule has 21 heteroatoms. The van der Waals surface area contributed by atoms with Crippen molar-refractivity contribution in [2.75, 3.05) is 42.6 Å². The van der Waals surface area contributed by atoms with E-state index in [-0.39, 0.29) is 25.5 Å². The van der Waals surface area contributed by atoms with Crippen LogP contribution in [0.3, 0.4) is 0 Å². The molecule has 0 spiro atoms. The van der Waals surface area contributed by atoms with Gasteiger partial charge in [0.2, 0.25) is 11.6 Å². The maximum Gasteiger partial charge on any atom is 0.488 e. The molecule has 0 saturated carbocycles. The average molecular weight is 1340 g/mol. The molecule has 9 rings (SSSR count). The van der Waals surface area contributed by atoms with Gasteiger partial charge in [-0.05, 0) is 152 Å². The molecule has 2 aliphatic heterocycles. The summed E-state index contributed by atoms with van der Waals surface area (Å²) in [5, 5.41) is 44.3. The third kappa shape index (κ3) is 19.6. The summed E-state index contributed by atoms with van der Waals surface area (Å²) < 4.78 is 77.4. The first-order valence-electron chi connectivity index (χ1n) is 32.7. The molecule has 0 aromatic heterocycles. The van der Waals surface area contributed by atoms with Crippen LogP contribution in [0.4, 0.5) is 11.4 Å². The van der Waals surface area contributed by atoms with E-state index >= 15 is 0 Å². The van der Waals surface area contributed by atoms with Crippen LogP contribution in [-0.4, -0.2) is 124 Å². The van der Waals surface area contributed by atoms with E-state index in [1.54, 1.807) is 31.2 Å². The van der Waals surface area contributed by atoms with Crippen LogP contribution in [0.2, 0.25) is 0 Å². The number of carbonyl (C=O) groups is 1. The quantitative estimate of drug-likeness (QED) is 0.00757. The van der Waals surface area contributed by atoms with Crippen molar-refractivity contribution in [3.63, 3.8) is 0 Å². The standard InChI is InChI=1S/C74H89B2N5O12S2.CH4/c1-54(2)72(82)77-43-20-44-78(52-60-21-7-11-27-65(60)75(83)84)49-55-31-33-56(34-32-55)50-79(53-61-22-8-12-28-66(61)76(85)86)51-57-35-39-62(40-36-57)93-71-58(37-41-69-73(3,4)63-25-9-13-29-67(63)80(69)45-15-17-47-94(87,88)89)23-19-24-59(71)38-42-70-74(5,6)64-26-10-14-30-68(64)81(70)46-16-18-48-95(90,91)92;/h7-14,21-22,25-42,83-86H,1,15-20,23-24,43-53H2,2-6H3,(H2-,77,82,87,88,89,90,91,92);1H4. The molecular formula is C75H93B2N5O12S2. The van der Waals surface area contributed by atoms with E-state index in [1.165, 1.54) is 0 Å². The van der Waals surface area contributed by atoms with Crippen LogP contribution in [0, 0.1) is 0 Å². The molecule has 6 aromatic carbocycles. The lowest BCUT2D eigenvalue weighted by atomic mass is 9.77. The number of para-hydroxylation sites is 2. The molecule has 17 nitrogen and oxygen atoms in total. The largest absolute Gasteiger partial charge is 0.748 e. The number of ether oxygens (including phenoxy) is 1. The number of anilines is 1. The number of benzene rings is 6. The Morgan fingerprint density at radius 3 is 1.82 bits per heavy atom. The van der Waals surface area contributed by atoms with Gasteiger partial charge in [0.1, 0.15) is 18.1 Å². The molecule has 1 amide bonds. The highest BCUT2D eigenvalue weighted by atomic mass is 32.2. The van der Waals surface area contributed by atoms with E-state index in [9.17, 15) is 50.8 Å². The van der Waals surface area contributed by atoms with Gasteiger partial charge in [-0.15, -0.1) is 0 Å². The topological polar surface area (TPSA) is 244 Å². The summed E-state index contributed by atoms with van der Waals surface area (Å²) in [6.07, 6.45) is 13.2. The lowest BCUT2D eigenvalue weighted by molar-refractivity contribution is -0.438. The van der Waals surface area contributed by atoms with Crippen molar-refractivity contribution in [1.82, 2.24) is 15.1 Å². The Bertz CT molecular complexity index is 4110. The van der Waals surface area contributed by atoms with Gasteiger partial charge in [0.15, 0.2) is 5.71 Å². The Morgan fingerprint density at radius 2 is 1.22 bits per heavy atom. The highest BCUT2D eigenvalue weighted by Crippen LogP contribution is 2.48. The summed E-state index contributed by atoms with van der Waals surface area (Å²) in [5.41, 5.74) is 13.5. The van der Waals surface area contributed by atoms with Crippen molar-refractivity contribution in [3.05, 3.63) is 244 Å². The second-order valence-corrected chi connectivity index (χ2v) is 29.3. The summed E-state index contributed by atoms with van der Waals surface area (Å²) >= 11 is 0. The molecule has 508 valence electrons. The van der Waals surface area contributed by atoms with Crippen LogP contribution >= 0.6 is 0 Å². The SMILES string of the molecule is C.C=C(C)C(=O)NCCCN(Cc1ccc(CN(Cc2ccc(OC3=C(C=CC4=[N+](CCCCS(=O)(=O)O)c5ccccc5C4(C)C)CCCC3=CC=C3N(CCCCS(=O)(=O)[O-])c4ccccc4C3(C)C)cc2)Cc2ccccc2B(O)O)cc1)Cc1ccccc1B(O)O. The first-order valence-corrected chi connectivity index (χ1v) is 35.9. The first-order chi connectivity index (χ1) is 45.3. The van der Waals surface area contributed by atoms with Gasteiger partial charge in [-0.1, -0.05) is 155 Å². The van der Waals surface area contributed by atoms with Crippen molar-refractivity contribution in [2.24, 2.45) is 0 Å². The lowest BCUT2D eigenvalue weighted by Gasteiger charge is -2.28. The molecule has 2 heterocycles. The zero-order chi connectivity index (χ0) is 68.1. The van der Waals surface area contributed by atoms with Gasteiger partial charge in [-0.3, -0.25) is 19.1 Å². The molecule has 6 N–H and O–H groups in total. The molecular weight excluding hydrogens is 1250 g/mol. The second kappa shape index (κ2) is 33.1. The zero-order valence-corrected chi connectivity index (χ0v) is 56.8.